The largest absolute Gasteiger partial charge is 0.550 e. The first-order valence-corrected chi connectivity index (χ1v) is 12.9. The van der Waals surface area contributed by atoms with Crippen LogP contribution in [0.1, 0.15) is 91.4 Å². The highest BCUT2D eigenvalue weighted by molar-refractivity contribution is 5.92. The maximum Gasteiger partial charge on any atom is 0.165 e. The molecule has 4 aliphatic carbocycles. The number of aliphatic hydroxyl groups is 2. The van der Waals surface area contributed by atoms with Crippen molar-refractivity contribution in [1.29, 1.82) is 0 Å². The number of allylic oxidation sites excluding steroid dienone is 1. The molecule has 0 heterocycles. The van der Waals surface area contributed by atoms with Gasteiger partial charge in [0.15, 0.2) is 11.6 Å². The highest BCUT2D eigenvalue weighted by Crippen LogP contribution is 2.67. The minimum Gasteiger partial charge on any atom is -0.550 e. The van der Waals surface area contributed by atoms with Gasteiger partial charge in [-0.25, -0.2) is 0 Å². The lowest BCUT2D eigenvalue weighted by Crippen LogP contribution is -2.61. The van der Waals surface area contributed by atoms with Crippen LogP contribution in [0.2, 0.25) is 0 Å². The van der Waals surface area contributed by atoms with Crippen molar-refractivity contribution in [3.8, 4) is 0 Å². The number of carbonyl (C=O) groups excluding carboxylic acids is 3. The van der Waals surface area contributed by atoms with Gasteiger partial charge >= 0.3 is 0 Å². The first kappa shape index (κ1) is 24.6. The van der Waals surface area contributed by atoms with Crippen molar-refractivity contribution >= 4 is 17.5 Å². The number of carboxylic acids is 1. The van der Waals surface area contributed by atoms with Gasteiger partial charge in [-0.3, -0.25) is 9.59 Å². The summed E-state index contributed by atoms with van der Waals surface area (Å²) in [6.07, 6.45) is 7.06. The number of aliphatic carboxylic acids is 1. The van der Waals surface area contributed by atoms with Crippen LogP contribution in [0.15, 0.2) is 11.6 Å². The zero-order chi connectivity index (χ0) is 24.2. The van der Waals surface area contributed by atoms with Crippen LogP contribution in [-0.2, 0) is 14.4 Å². The van der Waals surface area contributed by atoms with Gasteiger partial charge in [0.05, 0.1) is 6.10 Å². The molecule has 0 aromatic heterocycles. The van der Waals surface area contributed by atoms with Crippen LogP contribution in [0.4, 0.5) is 0 Å². The molecule has 6 nitrogen and oxygen atoms in total. The maximum atomic E-state index is 13.4. The number of carboxylic acid groups (broad SMARTS) is 1. The van der Waals surface area contributed by atoms with Crippen LogP contribution in [0.25, 0.3) is 0 Å². The molecule has 3 saturated carbocycles. The molecule has 6 heteroatoms. The van der Waals surface area contributed by atoms with Crippen LogP contribution in [0.5, 0.6) is 0 Å². The van der Waals surface area contributed by atoms with E-state index in [1.807, 2.05) is 13.8 Å². The van der Waals surface area contributed by atoms with E-state index in [0.29, 0.717) is 38.5 Å². The third kappa shape index (κ3) is 3.72. The van der Waals surface area contributed by atoms with Crippen molar-refractivity contribution in [3.05, 3.63) is 11.6 Å². The summed E-state index contributed by atoms with van der Waals surface area (Å²) in [7, 11) is 0. The fourth-order valence-corrected chi connectivity index (χ4v) is 8.30. The molecule has 184 valence electrons. The quantitative estimate of drug-likeness (QED) is 0.605. The van der Waals surface area contributed by atoms with Crippen LogP contribution >= 0.6 is 0 Å². The fourth-order valence-electron chi connectivity index (χ4n) is 8.30. The van der Waals surface area contributed by atoms with Gasteiger partial charge in [-0.15, -0.1) is 0 Å². The van der Waals surface area contributed by atoms with Gasteiger partial charge in [0.1, 0.15) is 5.60 Å². The minimum atomic E-state index is -1.62. The van der Waals surface area contributed by atoms with Crippen LogP contribution in [0.3, 0.4) is 0 Å². The molecule has 2 N–H and O–H groups in total. The van der Waals surface area contributed by atoms with E-state index in [1.54, 1.807) is 6.08 Å². The van der Waals surface area contributed by atoms with E-state index in [2.05, 4.69) is 6.92 Å². The SMILES string of the molecule is CCCCC(CC(=O)C1(O)CCC2C3CCC4=CC(=O)CCC4(C)C3C(O)CC21C)C(=O)[O-]. The summed E-state index contributed by atoms with van der Waals surface area (Å²) in [6, 6.07) is 0. The number of hydrogen-bond acceptors (Lipinski definition) is 6. The topological polar surface area (TPSA) is 115 Å². The lowest BCUT2D eigenvalue weighted by molar-refractivity contribution is -0.312. The first-order valence-electron chi connectivity index (χ1n) is 12.9. The second kappa shape index (κ2) is 8.60. The van der Waals surface area contributed by atoms with Gasteiger partial charge in [-0.1, -0.05) is 39.2 Å². The third-order valence-electron chi connectivity index (χ3n) is 10.2. The van der Waals surface area contributed by atoms with Crippen molar-refractivity contribution in [3.63, 3.8) is 0 Å². The Hall–Kier alpha value is -1.53. The molecule has 33 heavy (non-hydrogen) atoms. The Labute approximate surface area is 196 Å². The van der Waals surface area contributed by atoms with Crippen molar-refractivity contribution in [2.45, 2.75) is 103 Å². The molecule has 0 aromatic rings. The number of ketones is 2. The molecular formula is C27H39O6-. The van der Waals surface area contributed by atoms with E-state index in [1.165, 1.54) is 0 Å². The summed E-state index contributed by atoms with van der Waals surface area (Å²) in [5.41, 5.74) is -1.47. The standard InChI is InChI=1S/C27H40O6/c1-4-5-6-16(24(31)32)13-22(30)27(33)12-10-20-19-8-7-17-14-18(28)9-11-25(17,2)23(19)21(29)15-26(20,27)3/h14,16,19-21,23,29,33H,4-13,15H2,1-3H3,(H,31,32)/p-1. The first-order chi connectivity index (χ1) is 15.5. The monoisotopic (exact) mass is 459 g/mol. The molecule has 3 fully saturated rings. The molecule has 4 rings (SSSR count). The normalized spacial score (nSPS) is 43.2. The molecule has 0 bridgehead atoms. The maximum absolute atomic E-state index is 13.4. The molecule has 0 spiro atoms. The molecule has 0 aromatic carbocycles. The van der Waals surface area contributed by atoms with Crippen LogP contribution in [0, 0.1) is 34.5 Å². The van der Waals surface area contributed by atoms with E-state index < -0.39 is 34.8 Å². The Morgan fingerprint density at radius 1 is 1.21 bits per heavy atom. The van der Waals surface area contributed by atoms with Crippen molar-refractivity contribution in [2.75, 3.05) is 0 Å². The number of rotatable bonds is 7. The second-order valence-corrected chi connectivity index (χ2v) is 11.8. The minimum absolute atomic E-state index is 0.0154. The van der Waals surface area contributed by atoms with Gasteiger partial charge < -0.3 is 20.1 Å². The molecule has 0 aliphatic heterocycles. The summed E-state index contributed by atoms with van der Waals surface area (Å²) in [4.78, 5) is 37.1. The van der Waals surface area contributed by atoms with Crippen LogP contribution < -0.4 is 5.11 Å². The summed E-state index contributed by atoms with van der Waals surface area (Å²) in [6.45, 7) is 6.08. The molecular weight excluding hydrogens is 420 g/mol. The molecule has 8 atom stereocenters. The second-order valence-electron chi connectivity index (χ2n) is 11.8. The van der Waals surface area contributed by atoms with Gasteiger partial charge in [-0.05, 0) is 74.2 Å². The molecule has 4 aliphatic rings. The predicted molar refractivity (Wildman–Crippen MR) is 121 cm³/mol. The molecule has 0 radical (unpaired) electrons. The van der Waals surface area contributed by atoms with E-state index in [9.17, 15) is 29.7 Å². The van der Waals surface area contributed by atoms with Gasteiger partial charge in [0.2, 0.25) is 0 Å². The lowest BCUT2D eigenvalue weighted by atomic mass is 9.45. The summed E-state index contributed by atoms with van der Waals surface area (Å²) in [5, 5.41) is 34.9. The number of carbonyl (C=O) groups is 3. The number of hydrogen-bond donors (Lipinski definition) is 2. The predicted octanol–water partition coefficient (Wildman–Crippen LogP) is 2.74. The number of aliphatic hydroxyl groups excluding tert-OH is 1. The Balaban J connectivity index is 1.60. The molecule has 8 unspecified atom stereocenters. The molecule has 0 saturated heterocycles. The van der Waals surface area contributed by atoms with Crippen molar-refractivity contribution in [2.24, 2.45) is 34.5 Å². The van der Waals surface area contributed by atoms with Gasteiger partial charge in [0, 0.05) is 30.1 Å². The highest BCUT2D eigenvalue weighted by Gasteiger charge is 2.68. The van der Waals surface area contributed by atoms with E-state index in [4.69, 9.17) is 0 Å². The third-order valence-corrected chi connectivity index (χ3v) is 10.2. The molecule has 0 amide bonds. The van der Waals surface area contributed by atoms with Gasteiger partial charge in [0.25, 0.3) is 0 Å². The average molecular weight is 460 g/mol. The lowest BCUT2D eigenvalue weighted by Gasteiger charge is -2.60. The average Bonchev–Trinajstić information content (AvgIpc) is 3.02. The Kier molecular flexibility index (Phi) is 6.41. The number of unbranched alkanes of at least 4 members (excludes halogenated alkanes) is 1. The van der Waals surface area contributed by atoms with E-state index in [0.717, 1.165) is 31.3 Å². The summed E-state index contributed by atoms with van der Waals surface area (Å²) >= 11 is 0. The zero-order valence-corrected chi connectivity index (χ0v) is 20.3. The summed E-state index contributed by atoms with van der Waals surface area (Å²) in [5.74, 6) is -2.07. The van der Waals surface area contributed by atoms with E-state index in [-0.39, 0.29) is 35.4 Å². The van der Waals surface area contributed by atoms with E-state index >= 15 is 0 Å². The fraction of sp³-hybridized carbons (Fsp3) is 0.815. The Bertz CT molecular complexity index is 863. The zero-order valence-electron chi connectivity index (χ0n) is 20.3. The summed E-state index contributed by atoms with van der Waals surface area (Å²) < 4.78 is 0. The van der Waals surface area contributed by atoms with Crippen LogP contribution in [-0.4, -0.2) is 39.5 Å². The Morgan fingerprint density at radius 2 is 1.94 bits per heavy atom. The van der Waals surface area contributed by atoms with Crippen molar-refractivity contribution < 1.29 is 29.7 Å². The number of Topliss-reactive ketones (excluding diaryl/α,β-unsaturated/α-hetero) is 1. The Morgan fingerprint density at radius 3 is 2.61 bits per heavy atom. The number of fused-ring (bicyclic) bond motifs is 5. The van der Waals surface area contributed by atoms with Gasteiger partial charge in [-0.2, -0.15) is 0 Å². The smallest absolute Gasteiger partial charge is 0.165 e. The van der Waals surface area contributed by atoms with Crippen molar-refractivity contribution in [1.82, 2.24) is 0 Å². The highest BCUT2D eigenvalue weighted by atomic mass is 16.4.